The van der Waals surface area contributed by atoms with Crippen LogP contribution in [0.2, 0.25) is 0 Å². The van der Waals surface area contributed by atoms with E-state index in [1.165, 1.54) is 76.4 Å². The lowest BCUT2D eigenvalue weighted by molar-refractivity contribution is 1.18. The van der Waals surface area contributed by atoms with Gasteiger partial charge in [-0.2, -0.15) is 0 Å². The molecule has 0 N–H and O–H groups in total. The number of aromatic nitrogens is 1. The molecule has 0 aliphatic heterocycles. The second kappa shape index (κ2) is 13.2. The maximum Gasteiger partial charge on any atom is 0.0542 e. The summed E-state index contributed by atoms with van der Waals surface area (Å²) < 4.78 is 2.41. The normalized spacial score (nSPS) is 11.6. The number of hydrogen-bond acceptors (Lipinski definition) is 1. The lowest BCUT2D eigenvalue weighted by Gasteiger charge is -2.29. The van der Waals surface area contributed by atoms with Crippen LogP contribution in [-0.2, 0) is 0 Å². The van der Waals surface area contributed by atoms with Gasteiger partial charge in [-0.05, 0) is 92.2 Å². The number of anilines is 3. The Labute approximate surface area is 325 Å². The third kappa shape index (κ3) is 5.19. The molecule has 0 aliphatic carbocycles. The van der Waals surface area contributed by atoms with Crippen molar-refractivity contribution < 1.29 is 0 Å². The quantitative estimate of drug-likeness (QED) is 0.156. The Hall–Kier alpha value is -7.42. The predicted molar refractivity (Wildman–Crippen MR) is 239 cm³/mol. The molecule has 2 heteroatoms. The van der Waals surface area contributed by atoms with E-state index in [0.29, 0.717) is 0 Å². The summed E-state index contributed by atoms with van der Waals surface area (Å²) in [6.45, 7) is 0. The van der Waals surface area contributed by atoms with Gasteiger partial charge < -0.3 is 9.47 Å². The smallest absolute Gasteiger partial charge is 0.0542 e. The summed E-state index contributed by atoms with van der Waals surface area (Å²) in [5, 5.41) is 9.95. The zero-order valence-corrected chi connectivity index (χ0v) is 30.7. The number of para-hydroxylation sites is 2. The van der Waals surface area contributed by atoms with Gasteiger partial charge in [0, 0.05) is 33.1 Å². The maximum absolute atomic E-state index is 2.47. The van der Waals surface area contributed by atoms with Gasteiger partial charge in [-0.3, -0.25) is 0 Å². The van der Waals surface area contributed by atoms with Crippen LogP contribution in [-0.4, -0.2) is 4.57 Å². The van der Waals surface area contributed by atoms with Gasteiger partial charge in [0.15, 0.2) is 0 Å². The Kier molecular flexibility index (Phi) is 7.53. The van der Waals surface area contributed by atoms with Gasteiger partial charge in [-0.25, -0.2) is 0 Å². The fourth-order valence-electron chi connectivity index (χ4n) is 8.81. The molecule has 0 radical (unpaired) electrons. The molecule has 2 nitrogen and oxygen atoms in total. The van der Waals surface area contributed by atoms with Crippen LogP contribution in [0.1, 0.15) is 0 Å². The van der Waals surface area contributed by atoms with Crippen LogP contribution >= 0.6 is 0 Å². The number of hydrogen-bond donors (Lipinski definition) is 0. The highest BCUT2D eigenvalue weighted by atomic mass is 15.1. The molecule has 262 valence electrons. The SMILES string of the molecule is c1ccc(-c2cccc(-n3c4ccccc4c4cc(N(c5ccccc5-c5ccccc5)c5cccc6c5ccc5c7ccccc7ccc65)ccc43)c2)cc1. The molecule has 0 aliphatic rings. The van der Waals surface area contributed by atoms with E-state index < -0.39 is 0 Å². The van der Waals surface area contributed by atoms with E-state index in [0.717, 1.165) is 22.7 Å². The average molecular weight is 713 g/mol. The van der Waals surface area contributed by atoms with Crippen LogP contribution in [0.5, 0.6) is 0 Å². The van der Waals surface area contributed by atoms with Crippen molar-refractivity contribution in [2.24, 2.45) is 0 Å². The molecule has 11 aromatic rings. The van der Waals surface area contributed by atoms with Gasteiger partial charge in [0.25, 0.3) is 0 Å². The van der Waals surface area contributed by atoms with Crippen molar-refractivity contribution in [1.82, 2.24) is 4.57 Å². The summed E-state index contributed by atoms with van der Waals surface area (Å²) in [6, 6.07) is 79.5. The van der Waals surface area contributed by atoms with E-state index in [9.17, 15) is 0 Å². The Bertz CT molecular complexity index is 3250. The summed E-state index contributed by atoms with van der Waals surface area (Å²) in [5.74, 6) is 0. The molecule has 0 amide bonds. The first-order valence-corrected chi connectivity index (χ1v) is 19.3. The number of benzene rings is 10. The monoisotopic (exact) mass is 712 g/mol. The molecule has 0 saturated heterocycles. The van der Waals surface area contributed by atoms with E-state index in [1.54, 1.807) is 0 Å². The molecular weight excluding hydrogens is 677 g/mol. The number of nitrogens with zero attached hydrogens (tertiary/aromatic N) is 2. The van der Waals surface area contributed by atoms with Crippen molar-refractivity contribution in [1.29, 1.82) is 0 Å². The van der Waals surface area contributed by atoms with Crippen LogP contribution in [0.4, 0.5) is 17.1 Å². The fraction of sp³-hybridized carbons (Fsp3) is 0. The topological polar surface area (TPSA) is 8.17 Å². The molecule has 0 spiro atoms. The first-order valence-electron chi connectivity index (χ1n) is 19.3. The highest BCUT2D eigenvalue weighted by molar-refractivity contribution is 6.20. The van der Waals surface area contributed by atoms with Gasteiger partial charge in [0.05, 0.1) is 22.4 Å². The maximum atomic E-state index is 2.47. The van der Waals surface area contributed by atoms with E-state index >= 15 is 0 Å². The largest absolute Gasteiger partial charge is 0.309 e. The lowest BCUT2D eigenvalue weighted by atomic mass is 9.95. The molecule has 56 heavy (non-hydrogen) atoms. The first kappa shape index (κ1) is 32.0. The lowest BCUT2D eigenvalue weighted by Crippen LogP contribution is -2.12. The molecule has 1 aromatic heterocycles. The second-order valence-corrected chi connectivity index (χ2v) is 14.5. The van der Waals surface area contributed by atoms with E-state index in [1.807, 2.05) is 0 Å². The number of rotatable bonds is 6. The summed E-state index contributed by atoms with van der Waals surface area (Å²) in [7, 11) is 0. The van der Waals surface area contributed by atoms with Gasteiger partial charge in [0.2, 0.25) is 0 Å². The Morgan fingerprint density at radius 3 is 1.77 bits per heavy atom. The van der Waals surface area contributed by atoms with Crippen molar-refractivity contribution in [2.75, 3.05) is 4.90 Å². The van der Waals surface area contributed by atoms with Gasteiger partial charge in [0.1, 0.15) is 0 Å². The first-order chi connectivity index (χ1) is 27.8. The number of fused-ring (bicyclic) bond motifs is 8. The molecule has 0 bridgehead atoms. The Morgan fingerprint density at radius 1 is 0.304 bits per heavy atom. The van der Waals surface area contributed by atoms with Crippen LogP contribution in [0.3, 0.4) is 0 Å². The van der Waals surface area contributed by atoms with Crippen molar-refractivity contribution in [3.05, 3.63) is 218 Å². The van der Waals surface area contributed by atoms with Gasteiger partial charge >= 0.3 is 0 Å². The summed E-state index contributed by atoms with van der Waals surface area (Å²) in [5.41, 5.74) is 11.6. The highest BCUT2D eigenvalue weighted by Crippen LogP contribution is 2.46. The molecule has 11 rings (SSSR count). The molecule has 0 atom stereocenters. The van der Waals surface area contributed by atoms with Crippen molar-refractivity contribution in [2.45, 2.75) is 0 Å². The Balaban J connectivity index is 1.17. The minimum Gasteiger partial charge on any atom is -0.309 e. The third-order valence-electron chi connectivity index (χ3n) is 11.4. The summed E-state index contributed by atoms with van der Waals surface area (Å²) >= 11 is 0. The minimum absolute atomic E-state index is 1.10. The molecular formula is C54H36N2. The second-order valence-electron chi connectivity index (χ2n) is 14.5. The van der Waals surface area contributed by atoms with E-state index in [4.69, 9.17) is 0 Å². The van der Waals surface area contributed by atoms with Crippen molar-refractivity contribution in [3.63, 3.8) is 0 Å². The molecule has 1 heterocycles. The van der Waals surface area contributed by atoms with Crippen LogP contribution in [0.25, 0.3) is 82.1 Å². The average Bonchev–Trinajstić information content (AvgIpc) is 3.61. The zero-order valence-electron chi connectivity index (χ0n) is 30.7. The summed E-state index contributed by atoms with van der Waals surface area (Å²) in [6.07, 6.45) is 0. The molecule has 0 fully saturated rings. The predicted octanol–water partition coefficient (Wildman–Crippen LogP) is 15.0. The van der Waals surface area contributed by atoms with E-state index in [2.05, 4.69) is 228 Å². The minimum atomic E-state index is 1.10. The zero-order chi connectivity index (χ0) is 37.0. The van der Waals surface area contributed by atoms with Crippen LogP contribution in [0, 0.1) is 0 Å². The van der Waals surface area contributed by atoms with Crippen LogP contribution < -0.4 is 4.90 Å². The standard InChI is InChI=1S/C54H36N2/c1-3-15-37(16-4-1)40-20-13-21-41(35-40)55-52-27-12-10-24-48(52)50-36-42(30-34-54(50)55)56(51-26-11-9-23-44(51)38-17-5-2-6-18-38)53-28-14-25-45-47-31-29-39-19-7-8-22-43(39)46(47)32-33-49(45)53/h1-36H. The summed E-state index contributed by atoms with van der Waals surface area (Å²) in [4.78, 5) is 2.47. The third-order valence-corrected chi connectivity index (χ3v) is 11.4. The molecule has 0 unspecified atom stereocenters. The molecule has 10 aromatic carbocycles. The van der Waals surface area contributed by atoms with Crippen molar-refractivity contribution >= 4 is 71.2 Å². The van der Waals surface area contributed by atoms with Crippen LogP contribution in [0.15, 0.2) is 218 Å². The molecule has 0 saturated carbocycles. The fourth-order valence-corrected chi connectivity index (χ4v) is 8.81. The van der Waals surface area contributed by atoms with Gasteiger partial charge in [-0.15, -0.1) is 0 Å². The van der Waals surface area contributed by atoms with Gasteiger partial charge in [-0.1, -0.05) is 170 Å². The Morgan fingerprint density at radius 2 is 0.893 bits per heavy atom. The van der Waals surface area contributed by atoms with Crippen molar-refractivity contribution in [3.8, 4) is 27.9 Å². The highest BCUT2D eigenvalue weighted by Gasteiger charge is 2.22. The van der Waals surface area contributed by atoms with E-state index in [-0.39, 0.29) is 0 Å².